The van der Waals surface area contributed by atoms with Crippen LogP contribution >= 0.6 is 24.0 Å². The number of hydrogen-bond acceptors (Lipinski definition) is 4. The van der Waals surface area contributed by atoms with Gasteiger partial charge in [0.25, 0.3) is 0 Å². The van der Waals surface area contributed by atoms with Gasteiger partial charge in [0.05, 0.1) is 26.2 Å². The Morgan fingerprint density at radius 3 is 2.69 bits per heavy atom. The minimum Gasteiger partial charge on any atom is -0.492 e. The Morgan fingerprint density at radius 2 is 2.00 bits per heavy atom. The molecular weight excluding hydrogens is 500 g/mol. The molecule has 1 saturated heterocycles. The second-order valence-electron chi connectivity index (χ2n) is 6.44. The lowest BCUT2D eigenvalue weighted by atomic mass is 10.2. The summed E-state index contributed by atoms with van der Waals surface area (Å²) in [6, 6.07) is 7.60. The van der Waals surface area contributed by atoms with E-state index in [9.17, 15) is 13.2 Å². The van der Waals surface area contributed by atoms with Crippen LogP contribution in [-0.4, -0.2) is 69.6 Å². The van der Waals surface area contributed by atoms with Crippen molar-refractivity contribution in [1.29, 1.82) is 0 Å². The third kappa shape index (κ3) is 11.5. The first-order valence-corrected chi connectivity index (χ1v) is 9.57. The predicted molar refractivity (Wildman–Crippen MR) is 118 cm³/mol. The van der Waals surface area contributed by atoms with Gasteiger partial charge in [-0.1, -0.05) is 12.1 Å². The van der Waals surface area contributed by atoms with Crippen LogP contribution in [0.4, 0.5) is 13.2 Å². The highest BCUT2D eigenvalue weighted by Gasteiger charge is 2.26. The van der Waals surface area contributed by atoms with Crippen LogP contribution in [0.5, 0.6) is 5.75 Å². The Morgan fingerprint density at radius 1 is 1.24 bits per heavy atom. The zero-order valence-corrected chi connectivity index (χ0v) is 19.0. The summed E-state index contributed by atoms with van der Waals surface area (Å²) >= 11 is 0. The fourth-order valence-electron chi connectivity index (χ4n) is 2.69. The molecule has 2 N–H and O–H groups in total. The number of ether oxygens (including phenoxy) is 2. The maximum atomic E-state index is 12.3. The smallest absolute Gasteiger partial charge is 0.390 e. The summed E-state index contributed by atoms with van der Waals surface area (Å²) in [6.07, 6.45) is -5.08. The first-order valence-electron chi connectivity index (χ1n) is 9.57. The van der Waals surface area contributed by atoms with Crippen LogP contribution in [0.3, 0.4) is 0 Å². The van der Waals surface area contributed by atoms with Crippen molar-refractivity contribution in [3.05, 3.63) is 29.8 Å². The highest BCUT2D eigenvalue weighted by atomic mass is 127. The predicted octanol–water partition coefficient (Wildman–Crippen LogP) is 3.02. The number of alkyl halides is 3. The van der Waals surface area contributed by atoms with Crippen molar-refractivity contribution in [2.45, 2.75) is 26.1 Å². The Kier molecular flexibility index (Phi) is 12.3. The third-order valence-electron chi connectivity index (χ3n) is 4.14. The van der Waals surface area contributed by atoms with E-state index in [2.05, 4.69) is 20.5 Å². The van der Waals surface area contributed by atoms with E-state index in [4.69, 9.17) is 9.47 Å². The number of morpholine rings is 1. The van der Waals surface area contributed by atoms with Crippen LogP contribution in [0.1, 0.15) is 18.9 Å². The summed E-state index contributed by atoms with van der Waals surface area (Å²) in [4.78, 5) is 6.65. The molecule has 1 heterocycles. The molecule has 29 heavy (non-hydrogen) atoms. The van der Waals surface area contributed by atoms with Gasteiger partial charge in [-0.05, 0) is 24.6 Å². The molecule has 0 spiro atoms. The van der Waals surface area contributed by atoms with Crippen LogP contribution in [-0.2, 0) is 11.3 Å². The number of hydrogen-bond donors (Lipinski definition) is 2. The number of halogens is 4. The summed E-state index contributed by atoms with van der Waals surface area (Å²) < 4.78 is 48.0. The Bertz CT molecular complexity index is 611. The van der Waals surface area contributed by atoms with Gasteiger partial charge in [0.15, 0.2) is 5.96 Å². The van der Waals surface area contributed by atoms with Gasteiger partial charge < -0.3 is 20.1 Å². The van der Waals surface area contributed by atoms with E-state index < -0.39 is 12.6 Å². The normalized spacial score (nSPS) is 15.5. The van der Waals surface area contributed by atoms with Gasteiger partial charge in [-0.2, -0.15) is 13.2 Å². The molecular formula is C19H30F3IN4O2. The summed E-state index contributed by atoms with van der Waals surface area (Å²) in [6.45, 7) is 7.39. The minimum atomic E-state index is -4.18. The fraction of sp³-hybridized carbons (Fsp3) is 0.632. The van der Waals surface area contributed by atoms with Crippen molar-refractivity contribution in [3.8, 4) is 5.75 Å². The number of guanidine groups is 1. The molecule has 1 aromatic rings. The lowest BCUT2D eigenvalue weighted by Gasteiger charge is -2.26. The van der Waals surface area contributed by atoms with Crippen molar-refractivity contribution < 1.29 is 22.6 Å². The van der Waals surface area contributed by atoms with Crippen LogP contribution in [0.25, 0.3) is 0 Å². The Hall–Kier alpha value is -1.27. The highest BCUT2D eigenvalue weighted by molar-refractivity contribution is 14.0. The number of nitrogens with zero attached hydrogens (tertiary/aromatic N) is 2. The minimum absolute atomic E-state index is 0. The highest BCUT2D eigenvalue weighted by Crippen LogP contribution is 2.18. The van der Waals surface area contributed by atoms with Crippen molar-refractivity contribution >= 4 is 29.9 Å². The Labute approximate surface area is 187 Å². The van der Waals surface area contributed by atoms with Crippen LogP contribution in [0.15, 0.2) is 29.3 Å². The largest absolute Gasteiger partial charge is 0.492 e. The number of rotatable bonds is 9. The molecule has 0 bridgehead atoms. The monoisotopic (exact) mass is 530 g/mol. The molecule has 1 aromatic carbocycles. The van der Waals surface area contributed by atoms with Crippen LogP contribution in [0, 0.1) is 0 Å². The number of nitrogens with one attached hydrogen (secondary N) is 2. The second kappa shape index (κ2) is 13.9. The number of aliphatic imine (C=N–C) groups is 1. The molecule has 1 fully saturated rings. The lowest BCUT2D eigenvalue weighted by molar-refractivity contribution is -0.132. The summed E-state index contributed by atoms with van der Waals surface area (Å²) in [7, 11) is 0. The van der Waals surface area contributed by atoms with E-state index in [1.54, 1.807) is 0 Å². The van der Waals surface area contributed by atoms with Gasteiger partial charge >= 0.3 is 6.18 Å². The SMILES string of the molecule is CCNC(=NCc1cccc(OCCN2CCOCC2)c1)NCCC(F)(F)F.I. The van der Waals surface area contributed by atoms with Crippen molar-refractivity contribution in [3.63, 3.8) is 0 Å². The molecule has 0 atom stereocenters. The van der Waals surface area contributed by atoms with Gasteiger partial charge in [-0.15, -0.1) is 24.0 Å². The zero-order chi connectivity index (χ0) is 20.2. The molecule has 6 nitrogen and oxygen atoms in total. The van der Waals surface area contributed by atoms with E-state index in [-0.39, 0.29) is 30.5 Å². The molecule has 0 amide bonds. The first kappa shape index (κ1) is 25.8. The molecule has 0 aromatic heterocycles. The van der Waals surface area contributed by atoms with Crippen molar-refractivity contribution in [2.24, 2.45) is 4.99 Å². The van der Waals surface area contributed by atoms with Crippen LogP contribution < -0.4 is 15.4 Å². The first-order chi connectivity index (χ1) is 13.5. The molecule has 0 saturated carbocycles. The van der Waals surface area contributed by atoms with Crippen molar-refractivity contribution in [1.82, 2.24) is 15.5 Å². The molecule has 1 aliphatic rings. The fourth-order valence-corrected chi connectivity index (χ4v) is 2.69. The summed E-state index contributed by atoms with van der Waals surface area (Å²) in [5.41, 5.74) is 0.928. The van der Waals surface area contributed by atoms with Crippen molar-refractivity contribution in [2.75, 3.05) is 52.5 Å². The van der Waals surface area contributed by atoms with E-state index >= 15 is 0 Å². The molecule has 166 valence electrons. The average Bonchev–Trinajstić information content (AvgIpc) is 2.66. The van der Waals surface area contributed by atoms with Gasteiger partial charge in [0, 0.05) is 32.7 Å². The third-order valence-corrected chi connectivity index (χ3v) is 4.14. The van der Waals surface area contributed by atoms with E-state index in [1.807, 2.05) is 31.2 Å². The lowest BCUT2D eigenvalue weighted by Crippen LogP contribution is -2.38. The second-order valence-corrected chi connectivity index (χ2v) is 6.44. The maximum Gasteiger partial charge on any atom is 0.390 e. The topological polar surface area (TPSA) is 58.1 Å². The number of benzene rings is 1. The van der Waals surface area contributed by atoms with E-state index in [0.29, 0.717) is 25.7 Å². The van der Waals surface area contributed by atoms with Gasteiger partial charge in [-0.3, -0.25) is 4.90 Å². The zero-order valence-electron chi connectivity index (χ0n) is 16.6. The van der Waals surface area contributed by atoms with Gasteiger partial charge in [0.1, 0.15) is 12.4 Å². The van der Waals surface area contributed by atoms with Crippen LogP contribution in [0.2, 0.25) is 0 Å². The molecule has 1 aliphatic heterocycles. The van der Waals surface area contributed by atoms with Gasteiger partial charge in [-0.25, -0.2) is 4.99 Å². The van der Waals surface area contributed by atoms with E-state index in [0.717, 1.165) is 44.2 Å². The molecule has 2 rings (SSSR count). The molecule has 0 aliphatic carbocycles. The average molecular weight is 530 g/mol. The standard InChI is InChI=1S/C19H29F3N4O2.HI/c1-2-23-18(24-7-6-19(20,21)22)25-15-16-4-3-5-17(14-16)28-13-10-26-8-11-27-12-9-26;/h3-5,14H,2,6-13,15H2,1H3,(H2,23,24,25);1H. The summed E-state index contributed by atoms with van der Waals surface area (Å²) in [5.74, 6) is 1.13. The Balaban J connectivity index is 0.00000420. The summed E-state index contributed by atoms with van der Waals surface area (Å²) in [5, 5.41) is 5.65. The quantitative estimate of drug-likeness (QED) is 0.292. The van der Waals surface area contributed by atoms with Gasteiger partial charge in [0.2, 0.25) is 0 Å². The molecule has 0 unspecified atom stereocenters. The van der Waals surface area contributed by atoms with E-state index in [1.165, 1.54) is 0 Å². The molecule has 10 heteroatoms. The molecule has 0 radical (unpaired) electrons. The maximum absolute atomic E-state index is 12.3.